The van der Waals surface area contributed by atoms with Gasteiger partial charge in [-0.05, 0) is 20.3 Å². The summed E-state index contributed by atoms with van der Waals surface area (Å²) in [6, 6.07) is 0. The minimum Gasteiger partial charge on any atom is -0.379 e. The topological polar surface area (TPSA) is 93.0 Å². The number of anilines is 1. The number of aromatic nitrogens is 2. The number of nitrogens with two attached hydrogens (primary N) is 1. The summed E-state index contributed by atoms with van der Waals surface area (Å²) in [6.45, 7) is 4.49. The highest BCUT2D eigenvalue weighted by Gasteiger charge is 2.38. The van der Waals surface area contributed by atoms with Crippen LogP contribution in [0.15, 0.2) is 0 Å². The first kappa shape index (κ1) is 11.1. The molecule has 0 radical (unpaired) electrons. The van der Waals surface area contributed by atoms with Gasteiger partial charge in [-0.15, -0.1) is 0 Å². The van der Waals surface area contributed by atoms with E-state index in [1.807, 2.05) is 13.8 Å². The fourth-order valence-corrected chi connectivity index (χ4v) is 1.73. The summed E-state index contributed by atoms with van der Waals surface area (Å²) in [7, 11) is 0. The van der Waals surface area contributed by atoms with Gasteiger partial charge in [-0.3, -0.25) is 9.89 Å². The lowest BCUT2D eigenvalue weighted by Crippen LogP contribution is -2.51. The molecule has 1 atom stereocenters. The zero-order chi connectivity index (χ0) is 11.8. The highest BCUT2D eigenvalue weighted by molar-refractivity contribution is 5.99. The van der Waals surface area contributed by atoms with Crippen LogP contribution in [-0.4, -0.2) is 34.9 Å². The SMILES string of the molecule is Cc1n[nH]c(C)c1NC(=O)C1(N)CCOC1. The molecule has 1 amide bonds. The second kappa shape index (κ2) is 3.88. The van der Waals surface area contributed by atoms with Crippen LogP contribution in [-0.2, 0) is 9.53 Å². The van der Waals surface area contributed by atoms with E-state index in [4.69, 9.17) is 10.5 Å². The maximum atomic E-state index is 12.0. The second-order valence-electron chi connectivity index (χ2n) is 4.22. The van der Waals surface area contributed by atoms with Gasteiger partial charge in [0.15, 0.2) is 0 Å². The first-order valence-corrected chi connectivity index (χ1v) is 5.22. The maximum absolute atomic E-state index is 12.0. The average Bonchev–Trinajstić information content (AvgIpc) is 2.80. The van der Waals surface area contributed by atoms with E-state index in [2.05, 4.69) is 15.5 Å². The van der Waals surface area contributed by atoms with E-state index < -0.39 is 5.54 Å². The Labute approximate surface area is 93.5 Å². The van der Waals surface area contributed by atoms with Gasteiger partial charge >= 0.3 is 0 Å². The minimum atomic E-state index is -0.907. The van der Waals surface area contributed by atoms with Gasteiger partial charge in [0.25, 0.3) is 0 Å². The molecule has 0 aromatic carbocycles. The number of aromatic amines is 1. The lowest BCUT2D eigenvalue weighted by atomic mass is 9.99. The van der Waals surface area contributed by atoms with E-state index in [0.29, 0.717) is 18.7 Å². The van der Waals surface area contributed by atoms with Gasteiger partial charge in [0.1, 0.15) is 5.54 Å². The zero-order valence-corrected chi connectivity index (χ0v) is 9.46. The molecule has 0 bridgehead atoms. The van der Waals surface area contributed by atoms with Crippen molar-refractivity contribution in [3.8, 4) is 0 Å². The van der Waals surface area contributed by atoms with Gasteiger partial charge in [-0.2, -0.15) is 5.10 Å². The van der Waals surface area contributed by atoms with E-state index in [9.17, 15) is 4.79 Å². The summed E-state index contributed by atoms with van der Waals surface area (Å²) < 4.78 is 5.15. The smallest absolute Gasteiger partial charge is 0.247 e. The molecule has 2 rings (SSSR count). The van der Waals surface area contributed by atoms with Gasteiger partial charge in [0, 0.05) is 6.61 Å². The van der Waals surface area contributed by atoms with Crippen molar-refractivity contribution < 1.29 is 9.53 Å². The van der Waals surface area contributed by atoms with Gasteiger partial charge < -0.3 is 15.8 Å². The third kappa shape index (κ3) is 1.81. The van der Waals surface area contributed by atoms with Crippen molar-refractivity contribution in [2.75, 3.05) is 18.5 Å². The molecule has 1 unspecified atom stereocenters. The number of hydrogen-bond donors (Lipinski definition) is 3. The molecule has 6 heteroatoms. The third-order valence-corrected chi connectivity index (χ3v) is 2.87. The number of carbonyl (C=O) groups excluding carboxylic acids is 1. The summed E-state index contributed by atoms with van der Waals surface area (Å²) in [5.41, 5.74) is 7.34. The molecule has 1 aliphatic rings. The first-order chi connectivity index (χ1) is 7.53. The Hall–Kier alpha value is -1.40. The molecule has 1 saturated heterocycles. The molecule has 1 fully saturated rings. The Morgan fingerprint density at radius 3 is 2.88 bits per heavy atom. The maximum Gasteiger partial charge on any atom is 0.247 e. The lowest BCUT2D eigenvalue weighted by Gasteiger charge is -2.20. The Bertz CT molecular complexity index is 387. The number of H-pyrrole nitrogens is 1. The minimum absolute atomic E-state index is 0.211. The van der Waals surface area contributed by atoms with Crippen LogP contribution < -0.4 is 11.1 Å². The zero-order valence-electron chi connectivity index (χ0n) is 9.46. The predicted molar refractivity (Wildman–Crippen MR) is 59.0 cm³/mol. The van der Waals surface area contributed by atoms with Crippen molar-refractivity contribution in [2.45, 2.75) is 25.8 Å². The third-order valence-electron chi connectivity index (χ3n) is 2.87. The molecule has 16 heavy (non-hydrogen) atoms. The van der Waals surface area contributed by atoms with E-state index in [1.165, 1.54) is 0 Å². The number of ether oxygens (including phenoxy) is 1. The number of rotatable bonds is 2. The Morgan fingerprint density at radius 2 is 2.38 bits per heavy atom. The summed E-state index contributed by atoms with van der Waals surface area (Å²) in [5, 5.41) is 9.62. The fraction of sp³-hybridized carbons (Fsp3) is 0.600. The molecule has 88 valence electrons. The average molecular weight is 224 g/mol. The number of aryl methyl sites for hydroxylation is 2. The lowest BCUT2D eigenvalue weighted by molar-refractivity contribution is -0.121. The molecule has 6 nitrogen and oxygen atoms in total. The highest BCUT2D eigenvalue weighted by Crippen LogP contribution is 2.21. The van der Waals surface area contributed by atoms with Crippen LogP contribution in [0.1, 0.15) is 17.8 Å². The van der Waals surface area contributed by atoms with Crippen molar-refractivity contribution in [1.82, 2.24) is 10.2 Å². The van der Waals surface area contributed by atoms with Gasteiger partial charge in [0.05, 0.1) is 23.7 Å². The van der Waals surface area contributed by atoms with Crippen molar-refractivity contribution in [1.29, 1.82) is 0 Å². The Balaban J connectivity index is 2.13. The predicted octanol–water partition coefficient (Wildman–Crippen LogP) is 0.0828. The van der Waals surface area contributed by atoms with Crippen LogP contribution in [0, 0.1) is 13.8 Å². The molecule has 1 aliphatic heterocycles. The van der Waals surface area contributed by atoms with E-state index in [1.54, 1.807) is 0 Å². The number of hydrogen-bond acceptors (Lipinski definition) is 4. The molecule has 1 aromatic heterocycles. The van der Waals surface area contributed by atoms with Crippen molar-refractivity contribution in [3.63, 3.8) is 0 Å². The largest absolute Gasteiger partial charge is 0.379 e. The summed E-state index contributed by atoms with van der Waals surface area (Å²) in [6.07, 6.45) is 0.550. The van der Waals surface area contributed by atoms with Crippen LogP contribution in [0.3, 0.4) is 0 Å². The number of amides is 1. The molecule has 2 heterocycles. The Kier molecular flexibility index (Phi) is 2.69. The normalized spacial score (nSPS) is 24.7. The monoisotopic (exact) mass is 224 g/mol. The van der Waals surface area contributed by atoms with Crippen molar-refractivity contribution in [2.24, 2.45) is 5.73 Å². The second-order valence-corrected chi connectivity index (χ2v) is 4.22. The van der Waals surface area contributed by atoms with Crippen molar-refractivity contribution in [3.05, 3.63) is 11.4 Å². The van der Waals surface area contributed by atoms with Crippen LogP contribution in [0.5, 0.6) is 0 Å². The van der Waals surface area contributed by atoms with Gasteiger partial charge in [-0.1, -0.05) is 0 Å². The molecule has 0 saturated carbocycles. The van der Waals surface area contributed by atoms with Gasteiger partial charge in [0.2, 0.25) is 5.91 Å². The summed E-state index contributed by atoms with van der Waals surface area (Å²) in [5.74, 6) is -0.211. The highest BCUT2D eigenvalue weighted by atomic mass is 16.5. The van der Waals surface area contributed by atoms with Gasteiger partial charge in [-0.25, -0.2) is 0 Å². The van der Waals surface area contributed by atoms with Crippen LogP contribution in [0.2, 0.25) is 0 Å². The van der Waals surface area contributed by atoms with E-state index in [-0.39, 0.29) is 12.5 Å². The number of carbonyl (C=O) groups is 1. The van der Waals surface area contributed by atoms with E-state index in [0.717, 1.165) is 11.4 Å². The fourth-order valence-electron chi connectivity index (χ4n) is 1.73. The van der Waals surface area contributed by atoms with Crippen LogP contribution in [0.25, 0.3) is 0 Å². The standard InChI is InChI=1S/C10H16N4O2/c1-6-8(7(2)14-13-6)12-9(15)10(11)3-4-16-5-10/h3-5,11H2,1-2H3,(H,12,15)(H,13,14). The molecule has 0 spiro atoms. The van der Waals surface area contributed by atoms with Crippen LogP contribution >= 0.6 is 0 Å². The number of nitrogens with zero attached hydrogens (tertiary/aromatic N) is 1. The molecule has 4 N–H and O–H groups in total. The van der Waals surface area contributed by atoms with E-state index >= 15 is 0 Å². The number of nitrogens with one attached hydrogen (secondary N) is 2. The summed E-state index contributed by atoms with van der Waals surface area (Å²) in [4.78, 5) is 12.0. The van der Waals surface area contributed by atoms with Crippen LogP contribution in [0.4, 0.5) is 5.69 Å². The van der Waals surface area contributed by atoms with Crippen molar-refractivity contribution >= 4 is 11.6 Å². The Morgan fingerprint density at radius 1 is 1.62 bits per heavy atom. The molecular formula is C10H16N4O2. The molecule has 1 aromatic rings. The quantitative estimate of drug-likeness (QED) is 0.663. The summed E-state index contributed by atoms with van der Waals surface area (Å²) >= 11 is 0. The molecular weight excluding hydrogens is 208 g/mol. The first-order valence-electron chi connectivity index (χ1n) is 5.22. The molecule has 0 aliphatic carbocycles.